The fraction of sp³-hybridized carbons (Fsp3) is 0.235. The summed E-state index contributed by atoms with van der Waals surface area (Å²) >= 11 is 3.46. The van der Waals surface area contributed by atoms with Gasteiger partial charge >= 0.3 is 0 Å². The van der Waals surface area contributed by atoms with Crippen molar-refractivity contribution in [2.24, 2.45) is 0 Å². The van der Waals surface area contributed by atoms with Crippen LogP contribution in [0.15, 0.2) is 46.9 Å². The fourth-order valence-electron chi connectivity index (χ4n) is 2.90. The predicted molar refractivity (Wildman–Crippen MR) is 87.3 cm³/mol. The molecule has 0 bridgehead atoms. The number of fused-ring (bicyclic) bond motifs is 1. The van der Waals surface area contributed by atoms with Crippen LogP contribution in [0.25, 0.3) is 0 Å². The molecule has 4 nitrogen and oxygen atoms in total. The second-order valence-electron chi connectivity index (χ2n) is 5.18. The van der Waals surface area contributed by atoms with Gasteiger partial charge in [-0.25, -0.2) is 0 Å². The van der Waals surface area contributed by atoms with Crippen molar-refractivity contribution >= 4 is 21.8 Å². The fourth-order valence-corrected chi connectivity index (χ4v) is 3.37. The Morgan fingerprint density at radius 2 is 2.05 bits per heavy atom. The Kier molecular flexibility index (Phi) is 4.18. The van der Waals surface area contributed by atoms with Gasteiger partial charge in [-0.05, 0) is 17.7 Å². The average molecular weight is 362 g/mol. The number of halogens is 1. The first-order chi connectivity index (χ1) is 10.7. The van der Waals surface area contributed by atoms with E-state index in [1.165, 1.54) is 0 Å². The maximum absolute atomic E-state index is 12.1. The maximum Gasteiger partial charge on any atom is 0.254 e. The molecule has 1 aliphatic rings. The number of rotatable bonds is 3. The lowest BCUT2D eigenvalue weighted by molar-refractivity contribution is 0.0947. The maximum atomic E-state index is 12.1. The molecule has 0 saturated carbocycles. The Hall–Kier alpha value is -1.85. The van der Waals surface area contributed by atoms with E-state index in [1.807, 2.05) is 36.4 Å². The molecule has 5 heteroatoms. The number of aliphatic hydroxyl groups excluding tert-OH is 1. The highest BCUT2D eigenvalue weighted by atomic mass is 79.9. The van der Waals surface area contributed by atoms with E-state index in [1.54, 1.807) is 13.1 Å². The summed E-state index contributed by atoms with van der Waals surface area (Å²) in [6.07, 6.45) is -0.393. The zero-order chi connectivity index (χ0) is 15.7. The summed E-state index contributed by atoms with van der Waals surface area (Å²) in [4.78, 5) is 12.1. The zero-order valence-electron chi connectivity index (χ0n) is 12.0. The van der Waals surface area contributed by atoms with Crippen LogP contribution in [0.3, 0.4) is 0 Å². The van der Waals surface area contributed by atoms with E-state index in [4.69, 9.17) is 4.74 Å². The molecule has 0 aliphatic carbocycles. The second kappa shape index (κ2) is 6.10. The van der Waals surface area contributed by atoms with Gasteiger partial charge in [-0.1, -0.05) is 46.3 Å². The Labute approximate surface area is 137 Å². The molecular formula is C17H16BrNO3. The molecule has 1 amide bonds. The van der Waals surface area contributed by atoms with Crippen LogP contribution in [0, 0.1) is 0 Å². The second-order valence-corrected chi connectivity index (χ2v) is 6.09. The van der Waals surface area contributed by atoms with Gasteiger partial charge in [-0.15, -0.1) is 0 Å². The summed E-state index contributed by atoms with van der Waals surface area (Å²) in [7, 11) is 1.59. The number of hydrogen-bond acceptors (Lipinski definition) is 3. The van der Waals surface area contributed by atoms with Crippen LogP contribution in [0.5, 0.6) is 5.75 Å². The minimum absolute atomic E-state index is 0.0953. The summed E-state index contributed by atoms with van der Waals surface area (Å²) < 4.78 is 6.71. The molecule has 2 aromatic rings. The number of amides is 1. The number of ether oxygens (including phenoxy) is 1. The highest BCUT2D eigenvalue weighted by Crippen LogP contribution is 2.45. The van der Waals surface area contributed by atoms with Crippen LogP contribution >= 0.6 is 15.9 Å². The van der Waals surface area contributed by atoms with Crippen LogP contribution in [-0.4, -0.2) is 30.8 Å². The van der Waals surface area contributed by atoms with E-state index < -0.39 is 6.10 Å². The molecule has 0 saturated heterocycles. The van der Waals surface area contributed by atoms with Gasteiger partial charge in [0, 0.05) is 17.1 Å². The Bertz CT molecular complexity index is 703. The Morgan fingerprint density at radius 3 is 2.68 bits per heavy atom. The van der Waals surface area contributed by atoms with Gasteiger partial charge < -0.3 is 15.2 Å². The molecule has 2 unspecified atom stereocenters. The average Bonchev–Trinajstić information content (AvgIpc) is 2.92. The van der Waals surface area contributed by atoms with Crippen LogP contribution < -0.4 is 10.1 Å². The number of benzene rings is 2. The third kappa shape index (κ3) is 2.51. The number of hydrogen-bond donors (Lipinski definition) is 2. The van der Waals surface area contributed by atoms with Crippen molar-refractivity contribution in [2.75, 3.05) is 13.7 Å². The minimum Gasteiger partial charge on any atom is -0.486 e. The predicted octanol–water partition coefficient (Wildman–Crippen LogP) is 2.69. The molecule has 1 aliphatic heterocycles. The lowest BCUT2D eigenvalue weighted by atomic mass is 9.88. The van der Waals surface area contributed by atoms with Gasteiger partial charge in [-0.3, -0.25) is 4.79 Å². The molecule has 2 aromatic carbocycles. The highest BCUT2D eigenvalue weighted by Gasteiger charge is 2.37. The molecule has 0 fully saturated rings. The van der Waals surface area contributed by atoms with Crippen molar-refractivity contribution in [3.63, 3.8) is 0 Å². The largest absolute Gasteiger partial charge is 0.486 e. The SMILES string of the molecule is CNC(=O)c1cc(Br)cc2c1OC(CO)C2c1ccccc1. The quantitative estimate of drug-likeness (QED) is 0.883. The molecule has 0 spiro atoms. The first-order valence-electron chi connectivity index (χ1n) is 7.03. The van der Waals surface area contributed by atoms with E-state index in [0.29, 0.717) is 11.3 Å². The molecule has 3 rings (SSSR count). The normalized spacial score (nSPS) is 19.4. The van der Waals surface area contributed by atoms with Crippen molar-refractivity contribution in [3.8, 4) is 5.75 Å². The number of carbonyl (C=O) groups is 1. The minimum atomic E-state index is -0.393. The third-order valence-electron chi connectivity index (χ3n) is 3.87. The molecule has 0 aromatic heterocycles. The first-order valence-corrected chi connectivity index (χ1v) is 7.83. The third-order valence-corrected chi connectivity index (χ3v) is 4.33. The summed E-state index contributed by atoms with van der Waals surface area (Å²) in [5.74, 6) is 0.250. The monoisotopic (exact) mass is 361 g/mol. The van der Waals surface area contributed by atoms with Crippen LogP contribution in [0.4, 0.5) is 0 Å². The zero-order valence-corrected chi connectivity index (χ0v) is 13.6. The van der Waals surface area contributed by atoms with Crippen molar-refractivity contribution in [3.05, 3.63) is 63.6 Å². The van der Waals surface area contributed by atoms with Crippen LogP contribution in [-0.2, 0) is 0 Å². The topological polar surface area (TPSA) is 58.6 Å². The molecule has 1 heterocycles. The lowest BCUT2D eigenvalue weighted by Gasteiger charge is -2.17. The highest BCUT2D eigenvalue weighted by molar-refractivity contribution is 9.10. The summed E-state index contributed by atoms with van der Waals surface area (Å²) in [6.45, 7) is -0.112. The number of nitrogens with one attached hydrogen (secondary N) is 1. The Balaban J connectivity index is 2.16. The van der Waals surface area contributed by atoms with E-state index in [2.05, 4.69) is 21.2 Å². The Morgan fingerprint density at radius 1 is 1.32 bits per heavy atom. The molecule has 2 atom stereocenters. The summed E-state index contributed by atoms with van der Waals surface area (Å²) in [6, 6.07) is 13.6. The van der Waals surface area contributed by atoms with Gasteiger partial charge in [0.05, 0.1) is 18.1 Å². The lowest BCUT2D eigenvalue weighted by Crippen LogP contribution is -2.24. The molecular weight excluding hydrogens is 346 g/mol. The first kappa shape index (κ1) is 15.1. The van der Waals surface area contributed by atoms with E-state index in [-0.39, 0.29) is 18.4 Å². The van der Waals surface area contributed by atoms with Crippen molar-refractivity contribution < 1.29 is 14.6 Å². The van der Waals surface area contributed by atoms with Crippen LogP contribution in [0.1, 0.15) is 27.4 Å². The van der Waals surface area contributed by atoms with Crippen molar-refractivity contribution in [1.82, 2.24) is 5.32 Å². The van der Waals surface area contributed by atoms with Gasteiger partial charge in [0.25, 0.3) is 5.91 Å². The van der Waals surface area contributed by atoms with Crippen molar-refractivity contribution in [1.29, 1.82) is 0 Å². The summed E-state index contributed by atoms with van der Waals surface area (Å²) in [5, 5.41) is 12.3. The molecule has 114 valence electrons. The number of aliphatic hydroxyl groups is 1. The molecule has 2 N–H and O–H groups in total. The van der Waals surface area contributed by atoms with Gasteiger partial charge in [0.15, 0.2) is 0 Å². The van der Waals surface area contributed by atoms with E-state index >= 15 is 0 Å². The molecule has 0 radical (unpaired) electrons. The smallest absolute Gasteiger partial charge is 0.254 e. The van der Waals surface area contributed by atoms with E-state index in [9.17, 15) is 9.90 Å². The van der Waals surface area contributed by atoms with Gasteiger partial charge in [0.2, 0.25) is 0 Å². The summed E-state index contributed by atoms with van der Waals surface area (Å²) in [5.41, 5.74) is 2.45. The van der Waals surface area contributed by atoms with Gasteiger partial charge in [-0.2, -0.15) is 0 Å². The van der Waals surface area contributed by atoms with Crippen LogP contribution in [0.2, 0.25) is 0 Å². The van der Waals surface area contributed by atoms with E-state index in [0.717, 1.165) is 15.6 Å². The van der Waals surface area contributed by atoms with Gasteiger partial charge in [0.1, 0.15) is 11.9 Å². The molecule has 22 heavy (non-hydrogen) atoms. The number of carbonyl (C=O) groups excluding carboxylic acids is 1. The standard InChI is InChI=1S/C17H16BrNO3/c1-19-17(21)13-8-11(18)7-12-15(10-5-3-2-4-6-10)14(9-20)22-16(12)13/h2-8,14-15,20H,9H2,1H3,(H,19,21). The van der Waals surface area contributed by atoms with Crippen molar-refractivity contribution in [2.45, 2.75) is 12.0 Å².